The van der Waals surface area contributed by atoms with Crippen molar-refractivity contribution in [2.45, 2.75) is 13.5 Å². The average molecular weight is 353 g/mol. The maximum atomic E-state index is 12.5. The molecule has 0 aliphatic heterocycles. The van der Waals surface area contributed by atoms with Crippen LogP contribution in [0.3, 0.4) is 0 Å². The Morgan fingerprint density at radius 1 is 1.08 bits per heavy atom. The lowest BCUT2D eigenvalue weighted by Crippen LogP contribution is -2.22. The number of pyridine rings is 1. The Morgan fingerprint density at radius 2 is 1.88 bits per heavy atom. The van der Waals surface area contributed by atoms with E-state index in [2.05, 4.69) is 5.32 Å². The van der Waals surface area contributed by atoms with Crippen molar-refractivity contribution in [3.8, 4) is 0 Å². The number of hydrogen-bond acceptors (Lipinski definition) is 2. The Balaban J connectivity index is 1.85. The van der Waals surface area contributed by atoms with Crippen molar-refractivity contribution in [1.29, 1.82) is 0 Å². The summed E-state index contributed by atoms with van der Waals surface area (Å²) < 4.78 is 1.52. The van der Waals surface area contributed by atoms with Crippen LogP contribution < -0.4 is 10.9 Å². The summed E-state index contributed by atoms with van der Waals surface area (Å²) in [6.07, 6.45) is 1.57. The first-order valence-corrected chi connectivity index (χ1v) is 8.22. The van der Waals surface area contributed by atoms with Gasteiger partial charge in [-0.1, -0.05) is 53.6 Å². The van der Waals surface area contributed by atoms with Crippen molar-refractivity contribution in [2.75, 3.05) is 5.32 Å². The Morgan fingerprint density at radius 3 is 2.64 bits per heavy atom. The van der Waals surface area contributed by atoms with E-state index in [0.29, 0.717) is 22.8 Å². The van der Waals surface area contributed by atoms with Gasteiger partial charge in [0.15, 0.2) is 0 Å². The molecule has 0 atom stereocenters. The SMILES string of the molecule is Cc1cccc(Cn2cc(C(=O)Nc3ccccc3Cl)ccc2=O)c1. The van der Waals surface area contributed by atoms with Gasteiger partial charge in [0.2, 0.25) is 0 Å². The largest absolute Gasteiger partial charge is 0.321 e. The highest BCUT2D eigenvalue weighted by molar-refractivity contribution is 6.33. The van der Waals surface area contributed by atoms with Crippen LogP contribution in [0, 0.1) is 6.92 Å². The monoisotopic (exact) mass is 352 g/mol. The molecule has 0 unspecified atom stereocenters. The molecule has 3 rings (SSSR count). The minimum Gasteiger partial charge on any atom is -0.321 e. The van der Waals surface area contributed by atoms with Crippen LogP contribution in [0.15, 0.2) is 71.7 Å². The van der Waals surface area contributed by atoms with Gasteiger partial charge in [-0.25, -0.2) is 0 Å². The summed E-state index contributed by atoms with van der Waals surface area (Å²) in [6, 6.07) is 17.8. The topological polar surface area (TPSA) is 51.1 Å². The summed E-state index contributed by atoms with van der Waals surface area (Å²) in [5.41, 5.74) is 2.90. The molecule has 5 heteroatoms. The molecule has 0 saturated heterocycles. The summed E-state index contributed by atoms with van der Waals surface area (Å²) in [7, 11) is 0. The Hall–Kier alpha value is -2.85. The first-order chi connectivity index (χ1) is 12.0. The molecule has 1 aromatic heterocycles. The normalized spacial score (nSPS) is 10.5. The molecule has 1 N–H and O–H groups in total. The zero-order valence-electron chi connectivity index (χ0n) is 13.7. The van der Waals surface area contributed by atoms with Crippen molar-refractivity contribution in [3.63, 3.8) is 0 Å². The Kier molecular flexibility index (Phi) is 5.00. The quantitative estimate of drug-likeness (QED) is 0.768. The Bertz CT molecular complexity index is 979. The smallest absolute Gasteiger partial charge is 0.257 e. The highest BCUT2D eigenvalue weighted by Gasteiger charge is 2.10. The molecule has 0 saturated carbocycles. The molecule has 0 spiro atoms. The van der Waals surface area contributed by atoms with Crippen LogP contribution in [0.5, 0.6) is 0 Å². The predicted octanol–water partition coefficient (Wildman–Crippen LogP) is 4.11. The lowest BCUT2D eigenvalue weighted by molar-refractivity contribution is 0.102. The maximum absolute atomic E-state index is 12.5. The van der Waals surface area contributed by atoms with Crippen LogP contribution in [0.25, 0.3) is 0 Å². The number of anilines is 1. The molecule has 126 valence electrons. The third-order valence-corrected chi connectivity index (χ3v) is 4.13. The number of halogens is 1. The van der Waals surface area contributed by atoms with Crippen molar-refractivity contribution in [2.24, 2.45) is 0 Å². The number of rotatable bonds is 4. The third kappa shape index (κ3) is 4.17. The summed E-state index contributed by atoms with van der Waals surface area (Å²) in [5, 5.41) is 3.22. The van der Waals surface area contributed by atoms with Crippen molar-refractivity contribution >= 4 is 23.2 Å². The molecule has 1 amide bonds. The van der Waals surface area contributed by atoms with Crippen molar-refractivity contribution < 1.29 is 4.79 Å². The van der Waals surface area contributed by atoms with E-state index in [0.717, 1.165) is 11.1 Å². The van der Waals surface area contributed by atoms with Gasteiger partial charge in [0.25, 0.3) is 11.5 Å². The molecule has 0 aliphatic rings. The van der Waals surface area contributed by atoms with Crippen LogP contribution in [0.4, 0.5) is 5.69 Å². The number of aryl methyl sites for hydroxylation is 1. The van der Waals surface area contributed by atoms with Crippen LogP contribution in [-0.4, -0.2) is 10.5 Å². The number of nitrogens with zero attached hydrogens (tertiary/aromatic N) is 1. The van der Waals surface area contributed by atoms with E-state index in [4.69, 9.17) is 11.6 Å². The first kappa shape index (κ1) is 17.0. The molecule has 0 bridgehead atoms. The summed E-state index contributed by atoms with van der Waals surface area (Å²) in [4.78, 5) is 24.6. The predicted molar refractivity (Wildman–Crippen MR) is 100 cm³/mol. The number of hydrogen-bond donors (Lipinski definition) is 1. The number of carbonyl (C=O) groups is 1. The second-order valence-electron chi connectivity index (χ2n) is 5.81. The van der Waals surface area contributed by atoms with Gasteiger partial charge in [0.1, 0.15) is 0 Å². The van der Waals surface area contributed by atoms with E-state index in [-0.39, 0.29) is 11.5 Å². The van der Waals surface area contributed by atoms with Crippen LogP contribution in [0.2, 0.25) is 5.02 Å². The van der Waals surface area contributed by atoms with Gasteiger partial charge in [-0.05, 0) is 30.7 Å². The van der Waals surface area contributed by atoms with Gasteiger partial charge in [-0.2, -0.15) is 0 Å². The van der Waals surface area contributed by atoms with E-state index in [1.807, 2.05) is 31.2 Å². The minimum absolute atomic E-state index is 0.157. The molecule has 1 heterocycles. The number of benzene rings is 2. The van der Waals surface area contributed by atoms with E-state index < -0.39 is 0 Å². The number of nitrogens with one attached hydrogen (secondary N) is 1. The lowest BCUT2D eigenvalue weighted by atomic mass is 10.1. The first-order valence-electron chi connectivity index (χ1n) is 7.85. The van der Waals surface area contributed by atoms with Gasteiger partial charge in [-0.15, -0.1) is 0 Å². The molecule has 3 aromatic rings. The fraction of sp³-hybridized carbons (Fsp3) is 0.100. The number of para-hydroxylation sites is 1. The summed E-state index contributed by atoms with van der Waals surface area (Å²) in [5.74, 6) is -0.314. The van der Waals surface area contributed by atoms with Gasteiger partial charge in [0, 0.05) is 12.3 Å². The number of carbonyl (C=O) groups excluding carboxylic acids is 1. The molecule has 0 fully saturated rings. The minimum atomic E-state index is -0.314. The van der Waals surface area contributed by atoms with Crippen molar-refractivity contribution in [1.82, 2.24) is 4.57 Å². The van der Waals surface area contributed by atoms with Gasteiger partial charge >= 0.3 is 0 Å². The highest BCUT2D eigenvalue weighted by Crippen LogP contribution is 2.21. The highest BCUT2D eigenvalue weighted by atomic mass is 35.5. The molecular weight excluding hydrogens is 336 g/mol. The Labute approximate surface area is 150 Å². The van der Waals surface area contributed by atoms with Gasteiger partial charge in [-0.3, -0.25) is 9.59 Å². The van der Waals surface area contributed by atoms with Crippen LogP contribution >= 0.6 is 11.6 Å². The third-order valence-electron chi connectivity index (χ3n) is 3.80. The van der Waals surface area contributed by atoms with Crippen LogP contribution in [-0.2, 0) is 6.54 Å². The zero-order valence-corrected chi connectivity index (χ0v) is 14.5. The fourth-order valence-electron chi connectivity index (χ4n) is 2.55. The number of aromatic nitrogens is 1. The van der Waals surface area contributed by atoms with Crippen LogP contribution in [0.1, 0.15) is 21.5 Å². The van der Waals surface area contributed by atoms with E-state index in [1.165, 1.54) is 16.7 Å². The second-order valence-corrected chi connectivity index (χ2v) is 6.21. The lowest BCUT2D eigenvalue weighted by Gasteiger charge is -2.10. The average Bonchev–Trinajstić information content (AvgIpc) is 2.59. The standard InChI is InChI=1S/C20H17ClN2O2/c1-14-5-4-6-15(11-14)12-23-13-16(9-10-19(23)24)20(25)22-18-8-3-2-7-17(18)21/h2-11,13H,12H2,1H3,(H,22,25). The summed E-state index contributed by atoms with van der Waals surface area (Å²) in [6.45, 7) is 2.41. The van der Waals surface area contributed by atoms with Gasteiger partial charge in [0.05, 0.1) is 22.8 Å². The zero-order chi connectivity index (χ0) is 17.8. The molecule has 2 aromatic carbocycles. The van der Waals surface area contributed by atoms with E-state index in [9.17, 15) is 9.59 Å². The van der Waals surface area contributed by atoms with E-state index >= 15 is 0 Å². The van der Waals surface area contributed by atoms with E-state index in [1.54, 1.807) is 30.5 Å². The second kappa shape index (κ2) is 7.36. The molecule has 4 nitrogen and oxygen atoms in total. The fourth-order valence-corrected chi connectivity index (χ4v) is 2.74. The molecule has 0 aliphatic carbocycles. The molecular formula is C20H17ClN2O2. The van der Waals surface area contributed by atoms with Gasteiger partial charge < -0.3 is 9.88 Å². The maximum Gasteiger partial charge on any atom is 0.257 e. The summed E-state index contributed by atoms with van der Waals surface area (Å²) >= 11 is 6.06. The molecule has 25 heavy (non-hydrogen) atoms. The molecule has 0 radical (unpaired) electrons. The van der Waals surface area contributed by atoms with Crippen molar-refractivity contribution in [3.05, 3.63) is 98.9 Å². The number of amides is 1.